The number of amides is 1. The predicted molar refractivity (Wildman–Crippen MR) is 27.2 cm³/mol. The zero-order chi connectivity index (χ0) is 5.70. The van der Waals surface area contributed by atoms with Crippen LogP contribution in [0.15, 0.2) is 12.8 Å². The quantitative estimate of drug-likeness (QED) is 0.391. The molecule has 0 aromatic rings. The molecule has 0 bridgehead atoms. The van der Waals surface area contributed by atoms with E-state index in [9.17, 15) is 4.79 Å². The van der Waals surface area contributed by atoms with E-state index in [1.807, 2.05) is 0 Å². The monoisotopic (exact) mass is 100 g/mol. The van der Waals surface area contributed by atoms with Gasteiger partial charge < -0.3 is 0 Å². The summed E-state index contributed by atoms with van der Waals surface area (Å²) in [5, 5.41) is 1.45. The van der Waals surface area contributed by atoms with E-state index in [1.54, 1.807) is 7.05 Å². The average Bonchev–Trinajstić information content (AvgIpc) is 1.68. The van der Waals surface area contributed by atoms with Gasteiger partial charge in [-0.1, -0.05) is 6.58 Å². The standard InChI is InChI=1S/C4H8N2O/c1-3-6(2)5-4-7/h3-4H,1H2,2H3,(H,5,7). The smallest absolute Gasteiger partial charge is 0.225 e. The summed E-state index contributed by atoms with van der Waals surface area (Å²) in [6.07, 6.45) is 2.08. The molecule has 0 saturated heterocycles. The van der Waals surface area contributed by atoms with E-state index in [0.29, 0.717) is 6.41 Å². The highest BCUT2D eigenvalue weighted by Crippen LogP contribution is 1.65. The van der Waals surface area contributed by atoms with Crippen LogP contribution in [0.3, 0.4) is 0 Å². The van der Waals surface area contributed by atoms with Crippen molar-refractivity contribution in [1.82, 2.24) is 10.4 Å². The van der Waals surface area contributed by atoms with Crippen LogP contribution in [0.25, 0.3) is 0 Å². The lowest BCUT2D eigenvalue weighted by Crippen LogP contribution is -2.27. The minimum Gasteiger partial charge on any atom is -0.297 e. The van der Waals surface area contributed by atoms with Crippen molar-refractivity contribution in [3.05, 3.63) is 12.8 Å². The van der Waals surface area contributed by atoms with E-state index in [0.717, 1.165) is 0 Å². The maximum atomic E-state index is 9.57. The summed E-state index contributed by atoms with van der Waals surface area (Å²) in [4.78, 5) is 9.57. The largest absolute Gasteiger partial charge is 0.297 e. The number of nitrogens with one attached hydrogen (secondary N) is 1. The Balaban J connectivity index is 3.15. The number of hydrogen-bond donors (Lipinski definition) is 1. The molecule has 40 valence electrons. The number of hydrogen-bond acceptors (Lipinski definition) is 2. The molecule has 0 aromatic carbocycles. The van der Waals surface area contributed by atoms with Gasteiger partial charge in [-0.25, -0.2) is 0 Å². The fourth-order valence-corrected chi connectivity index (χ4v) is 0.136. The SMILES string of the molecule is C=CN(C)NC=O. The maximum absolute atomic E-state index is 9.57. The summed E-state index contributed by atoms with van der Waals surface area (Å²) in [7, 11) is 1.68. The van der Waals surface area contributed by atoms with Crippen molar-refractivity contribution in [2.45, 2.75) is 0 Å². The third-order valence-electron chi connectivity index (χ3n) is 0.530. The lowest BCUT2D eigenvalue weighted by molar-refractivity contribution is -0.112. The number of carbonyl (C=O) groups is 1. The second-order valence-electron chi connectivity index (χ2n) is 1.04. The molecule has 0 saturated carbocycles. The highest BCUT2D eigenvalue weighted by molar-refractivity contribution is 5.45. The van der Waals surface area contributed by atoms with Crippen molar-refractivity contribution in [3.63, 3.8) is 0 Å². The molecule has 1 amide bonds. The summed E-state index contributed by atoms with van der Waals surface area (Å²) in [6.45, 7) is 3.38. The number of carbonyl (C=O) groups excluding carboxylic acids is 1. The van der Waals surface area contributed by atoms with Gasteiger partial charge in [-0.2, -0.15) is 0 Å². The van der Waals surface area contributed by atoms with Crippen LogP contribution in [0.1, 0.15) is 0 Å². The molecule has 0 fully saturated rings. The second-order valence-corrected chi connectivity index (χ2v) is 1.04. The summed E-state index contributed by atoms with van der Waals surface area (Å²) in [5.74, 6) is 0. The molecule has 7 heavy (non-hydrogen) atoms. The normalized spacial score (nSPS) is 7.00. The summed E-state index contributed by atoms with van der Waals surface area (Å²) in [6, 6.07) is 0. The molecular weight excluding hydrogens is 92.1 g/mol. The maximum Gasteiger partial charge on any atom is 0.225 e. The molecule has 0 heterocycles. The van der Waals surface area contributed by atoms with Crippen LogP contribution >= 0.6 is 0 Å². The van der Waals surface area contributed by atoms with E-state index < -0.39 is 0 Å². The molecule has 0 aliphatic carbocycles. The summed E-state index contributed by atoms with van der Waals surface area (Å²) >= 11 is 0. The minimum atomic E-state index is 0.585. The third-order valence-corrected chi connectivity index (χ3v) is 0.530. The van der Waals surface area contributed by atoms with Gasteiger partial charge in [0.05, 0.1) is 0 Å². The first-order valence-corrected chi connectivity index (χ1v) is 1.86. The van der Waals surface area contributed by atoms with Gasteiger partial charge in [-0.05, 0) is 0 Å². The van der Waals surface area contributed by atoms with Gasteiger partial charge in [0.15, 0.2) is 0 Å². The zero-order valence-electron chi connectivity index (χ0n) is 4.22. The Bertz CT molecular complexity index is 72.1. The van der Waals surface area contributed by atoms with Crippen molar-refractivity contribution in [2.24, 2.45) is 0 Å². The van der Waals surface area contributed by atoms with E-state index >= 15 is 0 Å². The molecule has 0 radical (unpaired) electrons. The number of nitrogens with zero attached hydrogens (tertiary/aromatic N) is 1. The molecule has 0 atom stereocenters. The molecule has 0 aromatic heterocycles. The van der Waals surface area contributed by atoms with Crippen molar-refractivity contribution in [1.29, 1.82) is 0 Å². The molecule has 1 N–H and O–H groups in total. The molecule has 3 nitrogen and oxygen atoms in total. The lowest BCUT2D eigenvalue weighted by Gasteiger charge is -2.08. The first kappa shape index (κ1) is 6.01. The van der Waals surface area contributed by atoms with E-state index in [2.05, 4.69) is 12.0 Å². The Morgan fingerprint density at radius 1 is 1.86 bits per heavy atom. The first-order chi connectivity index (χ1) is 3.31. The van der Waals surface area contributed by atoms with E-state index in [1.165, 1.54) is 11.2 Å². The second kappa shape index (κ2) is 3.21. The van der Waals surface area contributed by atoms with Crippen LogP contribution in [0.2, 0.25) is 0 Å². The predicted octanol–water partition coefficient (Wildman–Crippen LogP) is -0.277. The number of rotatable bonds is 3. The topological polar surface area (TPSA) is 32.3 Å². The Kier molecular flexibility index (Phi) is 2.76. The molecule has 0 aliphatic rings. The van der Waals surface area contributed by atoms with Crippen LogP contribution in [0.4, 0.5) is 0 Å². The molecule has 0 spiro atoms. The first-order valence-electron chi connectivity index (χ1n) is 1.86. The van der Waals surface area contributed by atoms with Crippen LogP contribution in [-0.4, -0.2) is 18.5 Å². The molecule has 0 aliphatic heterocycles. The van der Waals surface area contributed by atoms with Crippen molar-refractivity contribution in [3.8, 4) is 0 Å². The highest BCUT2D eigenvalue weighted by Gasteiger charge is 1.76. The lowest BCUT2D eigenvalue weighted by atomic mass is 10.9. The van der Waals surface area contributed by atoms with Gasteiger partial charge >= 0.3 is 0 Å². The van der Waals surface area contributed by atoms with Gasteiger partial charge in [0.2, 0.25) is 6.41 Å². The molecule has 0 unspecified atom stereocenters. The van der Waals surface area contributed by atoms with Crippen molar-refractivity contribution >= 4 is 6.41 Å². The highest BCUT2D eigenvalue weighted by atomic mass is 16.1. The zero-order valence-corrected chi connectivity index (χ0v) is 4.22. The van der Waals surface area contributed by atoms with E-state index in [-0.39, 0.29) is 0 Å². The van der Waals surface area contributed by atoms with Crippen molar-refractivity contribution in [2.75, 3.05) is 7.05 Å². The van der Waals surface area contributed by atoms with Gasteiger partial charge in [0.1, 0.15) is 0 Å². The van der Waals surface area contributed by atoms with E-state index in [4.69, 9.17) is 0 Å². The minimum absolute atomic E-state index is 0.585. The van der Waals surface area contributed by atoms with Crippen LogP contribution in [0, 0.1) is 0 Å². The van der Waals surface area contributed by atoms with Gasteiger partial charge in [0, 0.05) is 13.2 Å². The Morgan fingerprint density at radius 3 is 2.57 bits per heavy atom. The summed E-state index contributed by atoms with van der Waals surface area (Å²) < 4.78 is 0. The third kappa shape index (κ3) is 2.82. The van der Waals surface area contributed by atoms with Gasteiger partial charge in [-0.3, -0.25) is 15.2 Å². The molecule has 3 heteroatoms. The number of hydrazine groups is 1. The van der Waals surface area contributed by atoms with Crippen molar-refractivity contribution < 1.29 is 4.79 Å². The Labute approximate surface area is 42.6 Å². The Morgan fingerprint density at radius 2 is 2.43 bits per heavy atom. The molecule has 0 rings (SSSR count). The average molecular weight is 100 g/mol. The van der Waals surface area contributed by atoms with Crippen LogP contribution in [-0.2, 0) is 4.79 Å². The Hall–Kier alpha value is -0.990. The fourth-order valence-electron chi connectivity index (χ4n) is 0.136. The van der Waals surface area contributed by atoms with Gasteiger partial charge in [0.25, 0.3) is 0 Å². The fraction of sp³-hybridized carbons (Fsp3) is 0.250. The summed E-state index contributed by atoms with van der Waals surface area (Å²) in [5.41, 5.74) is 2.33. The van der Waals surface area contributed by atoms with Crippen LogP contribution in [0.5, 0.6) is 0 Å². The van der Waals surface area contributed by atoms with Gasteiger partial charge in [-0.15, -0.1) is 0 Å². The van der Waals surface area contributed by atoms with Crippen LogP contribution < -0.4 is 5.43 Å². The molecular formula is C4H8N2O.